The van der Waals surface area contributed by atoms with E-state index in [0.717, 1.165) is 23.5 Å². The van der Waals surface area contributed by atoms with Crippen LogP contribution in [0.4, 0.5) is 0 Å². The number of rotatable bonds is 12. The predicted octanol–water partition coefficient (Wildman–Crippen LogP) is 4.56. The van der Waals surface area contributed by atoms with Crippen molar-refractivity contribution in [1.82, 2.24) is 9.80 Å². The zero-order chi connectivity index (χ0) is 22.8. The number of amides is 2. The molecule has 0 radical (unpaired) electrons. The molecule has 0 unspecified atom stereocenters. The molecule has 0 bridgehead atoms. The third-order valence-corrected chi connectivity index (χ3v) is 6.20. The minimum Gasteiger partial charge on any atom is -0.464 e. The highest BCUT2D eigenvalue weighted by atomic mass is 16.5. The normalized spacial score (nSPS) is 13.9. The van der Waals surface area contributed by atoms with E-state index in [0.29, 0.717) is 38.6 Å². The van der Waals surface area contributed by atoms with Crippen LogP contribution in [0.15, 0.2) is 46.9 Å². The molecule has 0 atom stereocenters. The van der Waals surface area contributed by atoms with Crippen molar-refractivity contribution in [1.29, 1.82) is 0 Å². The van der Waals surface area contributed by atoms with E-state index < -0.39 is 0 Å². The van der Waals surface area contributed by atoms with Gasteiger partial charge in [-0.15, -0.1) is 0 Å². The van der Waals surface area contributed by atoms with Gasteiger partial charge in [-0.05, 0) is 37.0 Å². The molecule has 3 rings (SSSR count). The van der Waals surface area contributed by atoms with Gasteiger partial charge in [0, 0.05) is 26.6 Å². The Labute approximate surface area is 191 Å². The first-order valence-electron chi connectivity index (χ1n) is 11.7. The Kier molecular flexibility index (Phi) is 9.35. The van der Waals surface area contributed by atoms with Gasteiger partial charge in [0.1, 0.15) is 11.5 Å². The maximum atomic E-state index is 13.3. The van der Waals surface area contributed by atoms with Crippen molar-refractivity contribution in [2.24, 2.45) is 5.92 Å². The van der Waals surface area contributed by atoms with Gasteiger partial charge in [-0.1, -0.05) is 56.0 Å². The highest BCUT2D eigenvalue weighted by Crippen LogP contribution is 2.28. The Morgan fingerprint density at radius 2 is 1.75 bits per heavy atom. The molecule has 2 amide bonds. The summed E-state index contributed by atoms with van der Waals surface area (Å²) in [6.45, 7) is 3.62. The van der Waals surface area contributed by atoms with Crippen molar-refractivity contribution in [2.45, 2.75) is 58.5 Å². The van der Waals surface area contributed by atoms with Crippen molar-refractivity contribution in [3.05, 3.63) is 59.5 Å². The number of carbonyl (C=O) groups is 2. The molecular weight excluding hydrogens is 404 g/mol. The fourth-order valence-corrected chi connectivity index (χ4v) is 4.34. The molecule has 6 nitrogen and oxygen atoms in total. The molecule has 1 aliphatic rings. The van der Waals surface area contributed by atoms with Crippen LogP contribution >= 0.6 is 0 Å². The number of nitrogens with zero attached hydrogens (tertiary/aromatic N) is 2. The third-order valence-electron chi connectivity index (χ3n) is 6.20. The summed E-state index contributed by atoms with van der Waals surface area (Å²) in [7, 11) is 1.62. The molecule has 1 heterocycles. The molecule has 0 spiro atoms. The molecule has 0 aliphatic heterocycles. The molecule has 1 saturated carbocycles. The van der Waals surface area contributed by atoms with E-state index in [2.05, 4.69) is 0 Å². The van der Waals surface area contributed by atoms with Crippen LogP contribution in [0.25, 0.3) is 0 Å². The van der Waals surface area contributed by atoms with Gasteiger partial charge in [-0.3, -0.25) is 9.59 Å². The zero-order valence-corrected chi connectivity index (χ0v) is 19.4. The average molecular weight is 441 g/mol. The summed E-state index contributed by atoms with van der Waals surface area (Å²) in [5.74, 6) is 2.15. The van der Waals surface area contributed by atoms with E-state index in [1.165, 1.54) is 25.7 Å². The van der Waals surface area contributed by atoms with E-state index >= 15 is 0 Å². The SMILES string of the molecule is COCCN(CC(=O)N(Cc1ccccc1)Cc1ccc(C)o1)C(=O)CCC1CCCC1. The van der Waals surface area contributed by atoms with Crippen LogP contribution in [0.2, 0.25) is 0 Å². The fourth-order valence-electron chi connectivity index (χ4n) is 4.34. The molecule has 1 aromatic heterocycles. The summed E-state index contributed by atoms with van der Waals surface area (Å²) in [6, 6.07) is 13.7. The van der Waals surface area contributed by atoms with E-state index in [-0.39, 0.29) is 18.4 Å². The minimum atomic E-state index is -0.0896. The molecule has 1 aromatic carbocycles. The molecule has 0 N–H and O–H groups in total. The first-order chi connectivity index (χ1) is 15.5. The summed E-state index contributed by atoms with van der Waals surface area (Å²) >= 11 is 0. The van der Waals surface area contributed by atoms with Crippen LogP contribution in [0.3, 0.4) is 0 Å². The Morgan fingerprint density at radius 3 is 2.41 bits per heavy atom. The summed E-state index contributed by atoms with van der Waals surface area (Å²) < 4.78 is 10.9. The molecular formula is C26H36N2O4. The predicted molar refractivity (Wildman–Crippen MR) is 124 cm³/mol. The van der Waals surface area contributed by atoms with Crippen LogP contribution in [0, 0.1) is 12.8 Å². The van der Waals surface area contributed by atoms with Crippen LogP contribution in [-0.4, -0.2) is 48.4 Å². The Hall–Kier alpha value is -2.60. The monoisotopic (exact) mass is 440 g/mol. The van der Waals surface area contributed by atoms with Crippen LogP contribution in [0.5, 0.6) is 0 Å². The van der Waals surface area contributed by atoms with Crippen molar-refractivity contribution in [2.75, 3.05) is 26.8 Å². The number of benzene rings is 1. The first-order valence-corrected chi connectivity index (χ1v) is 11.7. The molecule has 1 aliphatic carbocycles. The van der Waals surface area contributed by atoms with Crippen molar-refractivity contribution in [3.8, 4) is 0 Å². The van der Waals surface area contributed by atoms with Gasteiger partial charge in [-0.2, -0.15) is 0 Å². The zero-order valence-electron chi connectivity index (χ0n) is 19.4. The highest BCUT2D eigenvalue weighted by Gasteiger charge is 2.24. The van der Waals surface area contributed by atoms with Crippen molar-refractivity contribution >= 4 is 11.8 Å². The Morgan fingerprint density at radius 1 is 1.00 bits per heavy atom. The second kappa shape index (κ2) is 12.4. The molecule has 1 fully saturated rings. The van der Waals surface area contributed by atoms with Gasteiger partial charge in [0.25, 0.3) is 0 Å². The fraction of sp³-hybridized carbons (Fsp3) is 0.538. The van der Waals surface area contributed by atoms with Crippen molar-refractivity contribution in [3.63, 3.8) is 0 Å². The molecule has 174 valence electrons. The van der Waals surface area contributed by atoms with E-state index in [1.807, 2.05) is 49.4 Å². The number of methoxy groups -OCH3 is 1. The second-order valence-corrected chi connectivity index (χ2v) is 8.75. The number of hydrogen-bond donors (Lipinski definition) is 0. The lowest BCUT2D eigenvalue weighted by Gasteiger charge is -2.27. The second-order valence-electron chi connectivity index (χ2n) is 8.75. The third kappa shape index (κ3) is 7.52. The summed E-state index contributed by atoms with van der Waals surface area (Å²) in [5, 5.41) is 0. The maximum Gasteiger partial charge on any atom is 0.242 e. The van der Waals surface area contributed by atoms with Gasteiger partial charge in [0.05, 0.1) is 19.7 Å². The Bertz CT molecular complexity index is 843. The molecule has 32 heavy (non-hydrogen) atoms. The van der Waals surface area contributed by atoms with Gasteiger partial charge < -0.3 is 19.0 Å². The number of hydrogen-bond acceptors (Lipinski definition) is 4. The number of ether oxygens (including phenoxy) is 1. The van der Waals surface area contributed by atoms with E-state index in [4.69, 9.17) is 9.15 Å². The number of furan rings is 1. The quantitative estimate of drug-likeness (QED) is 0.485. The van der Waals surface area contributed by atoms with Crippen LogP contribution in [0.1, 0.15) is 55.6 Å². The lowest BCUT2D eigenvalue weighted by atomic mass is 10.0. The summed E-state index contributed by atoms with van der Waals surface area (Å²) in [6.07, 6.45) is 6.39. The van der Waals surface area contributed by atoms with Gasteiger partial charge in [0.15, 0.2) is 0 Å². The van der Waals surface area contributed by atoms with Gasteiger partial charge >= 0.3 is 0 Å². The standard InChI is InChI=1S/C26H36N2O4/c1-21-12-14-24(32-21)19-28(18-23-10-4-3-5-11-23)26(30)20-27(16-17-31-2)25(29)15-13-22-8-6-7-9-22/h3-5,10-12,14,22H,6-9,13,15-20H2,1-2H3. The van der Waals surface area contributed by atoms with Crippen LogP contribution < -0.4 is 0 Å². The molecule has 0 saturated heterocycles. The van der Waals surface area contributed by atoms with Gasteiger partial charge in [0.2, 0.25) is 11.8 Å². The lowest BCUT2D eigenvalue weighted by molar-refractivity contribution is -0.142. The lowest BCUT2D eigenvalue weighted by Crippen LogP contribution is -2.43. The summed E-state index contributed by atoms with van der Waals surface area (Å²) in [4.78, 5) is 29.7. The Balaban J connectivity index is 1.66. The molecule has 2 aromatic rings. The average Bonchev–Trinajstić information content (AvgIpc) is 3.46. The first kappa shape index (κ1) is 24.1. The largest absolute Gasteiger partial charge is 0.464 e. The van der Waals surface area contributed by atoms with Crippen LogP contribution in [-0.2, 0) is 27.4 Å². The minimum absolute atomic E-state index is 0.0378. The topological polar surface area (TPSA) is 63.0 Å². The van der Waals surface area contributed by atoms with Gasteiger partial charge in [-0.25, -0.2) is 0 Å². The number of aryl methyl sites for hydroxylation is 1. The van der Waals surface area contributed by atoms with E-state index in [9.17, 15) is 9.59 Å². The highest BCUT2D eigenvalue weighted by molar-refractivity contribution is 5.84. The smallest absolute Gasteiger partial charge is 0.242 e. The van der Waals surface area contributed by atoms with Crippen molar-refractivity contribution < 1.29 is 18.7 Å². The molecule has 6 heteroatoms. The maximum absolute atomic E-state index is 13.3. The van der Waals surface area contributed by atoms with E-state index in [1.54, 1.807) is 16.9 Å². The summed E-state index contributed by atoms with van der Waals surface area (Å²) in [5.41, 5.74) is 1.04. The number of carbonyl (C=O) groups excluding carboxylic acids is 2.